The summed E-state index contributed by atoms with van der Waals surface area (Å²) in [5.74, 6) is -0.783. The number of nitro groups is 1. The second-order valence-corrected chi connectivity index (χ2v) is 4.48. The molecule has 0 atom stereocenters. The monoisotopic (exact) mass is 268 g/mol. The smallest absolute Gasteiger partial charge is 0.311 e. The Morgan fingerprint density at radius 2 is 2.21 bits per heavy atom. The third kappa shape index (κ3) is 3.18. The molecule has 1 aromatic rings. The number of hydrogen-bond acceptors (Lipinski definition) is 4. The van der Waals surface area contributed by atoms with Crippen molar-refractivity contribution < 1.29 is 18.8 Å². The Morgan fingerprint density at radius 1 is 1.53 bits per heavy atom. The molecule has 102 valence electrons. The molecule has 1 aliphatic rings. The fourth-order valence-corrected chi connectivity index (χ4v) is 1.98. The van der Waals surface area contributed by atoms with Crippen LogP contribution in [0.25, 0.3) is 0 Å². The van der Waals surface area contributed by atoms with E-state index in [-0.39, 0.29) is 29.5 Å². The van der Waals surface area contributed by atoms with Crippen LogP contribution in [0.2, 0.25) is 0 Å². The minimum absolute atomic E-state index is 0.0233. The number of ether oxygens (including phenoxy) is 1. The lowest BCUT2D eigenvalue weighted by Crippen LogP contribution is -2.48. The largest absolute Gasteiger partial charge is 0.483 e. The van der Waals surface area contributed by atoms with Crippen LogP contribution in [0, 0.1) is 15.9 Å². The summed E-state index contributed by atoms with van der Waals surface area (Å²) in [5, 5.41) is 13.5. The third-order valence-electron chi connectivity index (χ3n) is 2.91. The van der Waals surface area contributed by atoms with E-state index < -0.39 is 10.7 Å². The van der Waals surface area contributed by atoms with Crippen LogP contribution in [0.1, 0.15) is 19.8 Å². The minimum Gasteiger partial charge on any atom is -0.483 e. The van der Waals surface area contributed by atoms with Crippen molar-refractivity contribution in [2.24, 2.45) is 0 Å². The zero-order valence-electron chi connectivity index (χ0n) is 10.3. The number of carbonyl (C=O) groups excluding carboxylic acids is 1. The molecule has 0 aliphatic heterocycles. The molecule has 1 N–H and O–H groups in total. The van der Waals surface area contributed by atoms with Crippen molar-refractivity contribution in [1.82, 2.24) is 5.32 Å². The lowest BCUT2D eigenvalue weighted by Gasteiger charge is -2.35. The van der Waals surface area contributed by atoms with E-state index in [0.717, 1.165) is 18.2 Å². The van der Waals surface area contributed by atoms with Gasteiger partial charge in [0.2, 0.25) is 5.91 Å². The maximum atomic E-state index is 13.1. The number of nitro benzene ring substituents is 1. The van der Waals surface area contributed by atoms with Gasteiger partial charge < -0.3 is 10.1 Å². The van der Waals surface area contributed by atoms with Gasteiger partial charge in [-0.25, -0.2) is 4.39 Å². The quantitative estimate of drug-likeness (QED) is 0.666. The van der Waals surface area contributed by atoms with Crippen LogP contribution < -0.4 is 10.1 Å². The van der Waals surface area contributed by atoms with Crippen LogP contribution in [0.4, 0.5) is 10.1 Å². The summed E-state index contributed by atoms with van der Waals surface area (Å²) in [6.45, 7) is 1.42. The highest BCUT2D eigenvalue weighted by Gasteiger charge is 2.33. The molecule has 1 amide bonds. The number of nitrogens with one attached hydrogen (secondary N) is 1. The number of hydrogen-bond donors (Lipinski definition) is 1. The molecule has 0 unspecified atom stereocenters. The van der Waals surface area contributed by atoms with E-state index >= 15 is 0 Å². The SMILES string of the molecule is CC(=O)NC1CC(Oc2cc(F)ccc2[N+](=O)[O-])C1. The van der Waals surface area contributed by atoms with E-state index in [1.165, 1.54) is 6.92 Å². The van der Waals surface area contributed by atoms with Gasteiger partial charge in [0.1, 0.15) is 11.9 Å². The van der Waals surface area contributed by atoms with Gasteiger partial charge in [0, 0.05) is 37.9 Å². The predicted octanol–water partition coefficient (Wildman–Crippen LogP) is 1.78. The Balaban J connectivity index is 1.99. The maximum Gasteiger partial charge on any atom is 0.311 e. The van der Waals surface area contributed by atoms with Gasteiger partial charge in [-0.05, 0) is 6.07 Å². The van der Waals surface area contributed by atoms with Gasteiger partial charge in [0.15, 0.2) is 5.75 Å². The average molecular weight is 268 g/mol. The molecule has 1 aliphatic carbocycles. The van der Waals surface area contributed by atoms with Crippen molar-refractivity contribution in [3.05, 3.63) is 34.1 Å². The van der Waals surface area contributed by atoms with Gasteiger partial charge in [0.05, 0.1) is 4.92 Å². The second-order valence-electron chi connectivity index (χ2n) is 4.48. The number of halogens is 1. The van der Waals surface area contributed by atoms with Gasteiger partial charge >= 0.3 is 5.69 Å². The number of carbonyl (C=O) groups is 1. The molecule has 1 aromatic carbocycles. The summed E-state index contributed by atoms with van der Waals surface area (Å²) < 4.78 is 18.5. The van der Waals surface area contributed by atoms with Crippen molar-refractivity contribution in [3.8, 4) is 5.75 Å². The molecule has 2 rings (SSSR count). The average Bonchev–Trinajstić information content (AvgIpc) is 2.25. The van der Waals surface area contributed by atoms with Crippen LogP contribution in [0.5, 0.6) is 5.75 Å². The molecule has 0 heterocycles. The van der Waals surface area contributed by atoms with Crippen LogP contribution >= 0.6 is 0 Å². The van der Waals surface area contributed by atoms with Crippen molar-refractivity contribution >= 4 is 11.6 Å². The predicted molar refractivity (Wildman–Crippen MR) is 64.3 cm³/mol. The maximum absolute atomic E-state index is 13.1. The molecular formula is C12H13FN2O4. The van der Waals surface area contributed by atoms with Crippen molar-refractivity contribution in [3.63, 3.8) is 0 Å². The van der Waals surface area contributed by atoms with Crippen LogP contribution in [0.3, 0.4) is 0 Å². The molecule has 0 spiro atoms. The van der Waals surface area contributed by atoms with Crippen molar-refractivity contribution in [2.45, 2.75) is 31.9 Å². The van der Waals surface area contributed by atoms with E-state index in [9.17, 15) is 19.3 Å². The fraction of sp³-hybridized carbons (Fsp3) is 0.417. The highest BCUT2D eigenvalue weighted by Crippen LogP contribution is 2.32. The summed E-state index contributed by atoms with van der Waals surface area (Å²) in [5.41, 5.74) is -0.260. The Kier molecular flexibility index (Phi) is 3.64. The van der Waals surface area contributed by atoms with Gasteiger partial charge in [-0.3, -0.25) is 14.9 Å². The second kappa shape index (κ2) is 5.21. The molecular weight excluding hydrogens is 255 g/mol. The van der Waals surface area contributed by atoms with Gasteiger partial charge in [-0.15, -0.1) is 0 Å². The normalized spacial score (nSPS) is 21.4. The van der Waals surface area contributed by atoms with Crippen LogP contribution in [-0.2, 0) is 4.79 Å². The molecule has 7 heteroatoms. The summed E-state index contributed by atoms with van der Waals surface area (Å²) in [7, 11) is 0. The number of benzene rings is 1. The molecule has 0 radical (unpaired) electrons. The first-order chi connectivity index (χ1) is 8.95. The fourth-order valence-electron chi connectivity index (χ4n) is 1.98. The lowest BCUT2D eigenvalue weighted by molar-refractivity contribution is -0.386. The third-order valence-corrected chi connectivity index (χ3v) is 2.91. The van der Waals surface area contributed by atoms with Crippen molar-refractivity contribution in [1.29, 1.82) is 0 Å². The van der Waals surface area contributed by atoms with Gasteiger partial charge in [-0.1, -0.05) is 0 Å². The van der Waals surface area contributed by atoms with Crippen molar-refractivity contribution in [2.75, 3.05) is 0 Å². The van der Waals surface area contributed by atoms with Crippen LogP contribution in [0.15, 0.2) is 18.2 Å². The Hall–Kier alpha value is -2.18. The topological polar surface area (TPSA) is 81.5 Å². The van der Waals surface area contributed by atoms with E-state index in [0.29, 0.717) is 12.8 Å². The lowest BCUT2D eigenvalue weighted by atomic mass is 9.89. The van der Waals surface area contributed by atoms with Gasteiger partial charge in [-0.2, -0.15) is 0 Å². The molecule has 6 nitrogen and oxygen atoms in total. The molecule has 1 fully saturated rings. The van der Waals surface area contributed by atoms with E-state index in [2.05, 4.69) is 5.32 Å². The summed E-state index contributed by atoms with van der Waals surface area (Å²) in [4.78, 5) is 21.0. The summed E-state index contributed by atoms with van der Waals surface area (Å²) in [6.07, 6.45) is 0.887. The molecule has 0 saturated heterocycles. The molecule has 0 bridgehead atoms. The minimum atomic E-state index is -0.612. The Bertz CT molecular complexity index is 514. The molecule has 19 heavy (non-hydrogen) atoms. The number of rotatable bonds is 4. The zero-order valence-corrected chi connectivity index (χ0v) is 10.3. The standard InChI is InChI=1S/C12H13FN2O4/c1-7(16)14-9-5-10(6-9)19-12-4-8(13)2-3-11(12)15(17)18/h2-4,9-10H,5-6H2,1H3,(H,14,16). The first kappa shape index (κ1) is 13.3. The Labute approximate surface area is 108 Å². The number of nitrogens with zero attached hydrogens (tertiary/aromatic N) is 1. The summed E-state index contributed by atoms with van der Waals surface area (Å²) in [6, 6.07) is 3.12. The van der Waals surface area contributed by atoms with Gasteiger partial charge in [0.25, 0.3) is 0 Å². The molecule has 1 saturated carbocycles. The summed E-state index contributed by atoms with van der Waals surface area (Å²) >= 11 is 0. The highest BCUT2D eigenvalue weighted by atomic mass is 19.1. The first-order valence-electron chi connectivity index (χ1n) is 5.83. The number of amides is 1. The highest BCUT2D eigenvalue weighted by molar-refractivity contribution is 5.73. The molecule has 0 aromatic heterocycles. The van der Waals surface area contributed by atoms with E-state index in [4.69, 9.17) is 4.74 Å². The Morgan fingerprint density at radius 3 is 2.79 bits per heavy atom. The van der Waals surface area contributed by atoms with Crippen LogP contribution in [-0.4, -0.2) is 23.0 Å². The van der Waals surface area contributed by atoms with E-state index in [1.807, 2.05) is 0 Å². The zero-order chi connectivity index (χ0) is 14.0. The van der Waals surface area contributed by atoms with E-state index in [1.54, 1.807) is 0 Å². The first-order valence-corrected chi connectivity index (χ1v) is 5.83.